The normalized spacial score (nSPS) is 14.9. The van der Waals surface area contributed by atoms with Gasteiger partial charge >= 0.3 is 0 Å². The van der Waals surface area contributed by atoms with Crippen molar-refractivity contribution in [2.24, 2.45) is 0 Å². The van der Waals surface area contributed by atoms with Crippen molar-refractivity contribution < 1.29 is 17.2 Å². The summed E-state index contributed by atoms with van der Waals surface area (Å²) in [5, 5.41) is 2.97. The molecule has 0 amide bonds. The molecular weight excluding hydrogens is 388 g/mol. The molecule has 1 aliphatic heterocycles. The fraction of sp³-hybridized carbons (Fsp3) is 0.444. The summed E-state index contributed by atoms with van der Waals surface area (Å²) in [6.45, 7) is 3.94. The zero-order chi connectivity index (χ0) is 20.1. The highest BCUT2D eigenvalue weighted by molar-refractivity contribution is 7.89. The Morgan fingerprint density at radius 2 is 1.82 bits per heavy atom. The molecule has 1 aromatic carbocycles. The number of nitrogens with one attached hydrogen (secondary N) is 2. The van der Waals surface area contributed by atoms with E-state index in [1.165, 1.54) is 6.42 Å². The Bertz CT molecular complexity index is 934. The second-order valence-electron chi connectivity index (χ2n) is 6.64. The second-order valence-corrected chi connectivity index (χ2v) is 8.37. The van der Waals surface area contributed by atoms with Gasteiger partial charge in [0.25, 0.3) is 0 Å². The summed E-state index contributed by atoms with van der Waals surface area (Å²) in [5.41, 5.74) is 0.806. The SMILES string of the molecule is Cc1cc(N2CCCCC2)nc(NCCNS(=O)(=O)c2cc(F)ccc2F)n1. The third kappa shape index (κ3) is 5.14. The predicted molar refractivity (Wildman–Crippen MR) is 103 cm³/mol. The minimum Gasteiger partial charge on any atom is -0.356 e. The molecule has 7 nitrogen and oxygen atoms in total. The average Bonchev–Trinajstić information content (AvgIpc) is 2.67. The van der Waals surface area contributed by atoms with Crippen LogP contribution in [0.2, 0.25) is 0 Å². The van der Waals surface area contributed by atoms with Crippen LogP contribution in [-0.4, -0.2) is 44.6 Å². The molecule has 2 aromatic rings. The van der Waals surface area contributed by atoms with Gasteiger partial charge in [0.1, 0.15) is 22.3 Å². The number of aromatic nitrogens is 2. The molecule has 2 heterocycles. The van der Waals surface area contributed by atoms with E-state index in [4.69, 9.17) is 0 Å². The second kappa shape index (κ2) is 8.78. The van der Waals surface area contributed by atoms with E-state index < -0.39 is 26.6 Å². The molecule has 152 valence electrons. The van der Waals surface area contributed by atoms with E-state index in [-0.39, 0.29) is 13.1 Å². The molecule has 0 radical (unpaired) electrons. The van der Waals surface area contributed by atoms with Gasteiger partial charge in [0, 0.05) is 37.9 Å². The topological polar surface area (TPSA) is 87.2 Å². The average molecular weight is 411 g/mol. The van der Waals surface area contributed by atoms with Gasteiger partial charge in [0.2, 0.25) is 16.0 Å². The van der Waals surface area contributed by atoms with E-state index in [0.29, 0.717) is 12.0 Å². The number of benzene rings is 1. The first-order valence-electron chi connectivity index (χ1n) is 9.14. The predicted octanol–water partition coefficient (Wildman–Crippen LogP) is 2.44. The van der Waals surface area contributed by atoms with Gasteiger partial charge in [0.15, 0.2) is 0 Å². The molecular formula is C18H23F2N5O2S. The van der Waals surface area contributed by atoms with Crippen LogP contribution in [0.15, 0.2) is 29.2 Å². The Morgan fingerprint density at radius 1 is 1.07 bits per heavy atom. The van der Waals surface area contributed by atoms with Crippen molar-refractivity contribution >= 4 is 21.8 Å². The first-order valence-corrected chi connectivity index (χ1v) is 10.6. The molecule has 1 aromatic heterocycles. The van der Waals surface area contributed by atoms with E-state index in [1.807, 2.05) is 13.0 Å². The fourth-order valence-corrected chi connectivity index (χ4v) is 4.16. The molecule has 0 atom stereocenters. The number of hydrogen-bond acceptors (Lipinski definition) is 6. The number of rotatable bonds is 7. The van der Waals surface area contributed by atoms with Crippen LogP contribution >= 0.6 is 0 Å². The molecule has 1 saturated heterocycles. The highest BCUT2D eigenvalue weighted by Gasteiger charge is 2.19. The first kappa shape index (κ1) is 20.4. The van der Waals surface area contributed by atoms with Crippen molar-refractivity contribution in [3.8, 4) is 0 Å². The number of aryl methyl sites for hydroxylation is 1. The number of piperidine rings is 1. The number of anilines is 2. The van der Waals surface area contributed by atoms with Crippen LogP contribution in [0.3, 0.4) is 0 Å². The highest BCUT2D eigenvalue weighted by Crippen LogP contribution is 2.19. The van der Waals surface area contributed by atoms with Gasteiger partial charge in [-0.05, 0) is 44.4 Å². The van der Waals surface area contributed by atoms with Crippen LogP contribution in [0, 0.1) is 18.6 Å². The summed E-state index contributed by atoms with van der Waals surface area (Å²) >= 11 is 0. The van der Waals surface area contributed by atoms with Gasteiger partial charge in [-0.3, -0.25) is 0 Å². The third-order valence-corrected chi connectivity index (χ3v) is 5.88. The molecule has 10 heteroatoms. The van der Waals surface area contributed by atoms with E-state index in [0.717, 1.165) is 49.6 Å². The maximum absolute atomic E-state index is 13.7. The zero-order valence-corrected chi connectivity index (χ0v) is 16.4. The fourth-order valence-electron chi connectivity index (χ4n) is 3.04. The Kier molecular flexibility index (Phi) is 6.40. The quantitative estimate of drug-likeness (QED) is 0.681. The van der Waals surface area contributed by atoms with Crippen molar-refractivity contribution in [2.45, 2.75) is 31.1 Å². The molecule has 0 unspecified atom stereocenters. The Labute approximate surface area is 163 Å². The largest absolute Gasteiger partial charge is 0.356 e. The van der Waals surface area contributed by atoms with Crippen LogP contribution < -0.4 is 14.9 Å². The van der Waals surface area contributed by atoms with Crippen molar-refractivity contribution in [3.05, 3.63) is 41.6 Å². The van der Waals surface area contributed by atoms with Gasteiger partial charge in [-0.1, -0.05) is 0 Å². The summed E-state index contributed by atoms with van der Waals surface area (Å²) in [7, 11) is -4.16. The van der Waals surface area contributed by atoms with E-state index in [2.05, 4.69) is 24.9 Å². The Balaban J connectivity index is 1.59. The lowest BCUT2D eigenvalue weighted by atomic mass is 10.1. The molecule has 3 rings (SSSR count). The Morgan fingerprint density at radius 3 is 2.57 bits per heavy atom. The van der Waals surface area contributed by atoms with Crippen molar-refractivity contribution in [1.29, 1.82) is 0 Å². The summed E-state index contributed by atoms with van der Waals surface area (Å²) in [5.74, 6) is -0.581. The van der Waals surface area contributed by atoms with Crippen LogP contribution in [0.4, 0.5) is 20.5 Å². The Hall–Kier alpha value is -2.33. The van der Waals surface area contributed by atoms with Crippen molar-refractivity contribution in [1.82, 2.24) is 14.7 Å². The lowest BCUT2D eigenvalue weighted by Gasteiger charge is -2.28. The van der Waals surface area contributed by atoms with Crippen molar-refractivity contribution in [2.75, 3.05) is 36.4 Å². The van der Waals surface area contributed by atoms with Crippen molar-refractivity contribution in [3.63, 3.8) is 0 Å². The van der Waals surface area contributed by atoms with Crippen LogP contribution in [0.5, 0.6) is 0 Å². The monoisotopic (exact) mass is 411 g/mol. The molecule has 0 saturated carbocycles. The molecule has 28 heavy (non-hydrogen) atoms. The van der Waals surface area contributed by atoms with Gasteiger partial charge in [-0.25, -0.2) is 26.9 Å². The van der Waals surface area contributed by atoms with Gasteiger partial charge < -0.3 is 10.2 Å². The maximum atomic E-state index is 13.7. The summed E-state index contributed by atoms with van der Waals surface area (Å²) in [6, 6.07) is 4.22. The molecule has 0 aliphatic carbocycles. The zero-order valence-electron chi connectivity index (χ0n) is 15.6. The van der Waals surface area contributed by atoms with Gasteiger partial charge in [-0.15, -0.1) is 0 Å². The number of halogens is 2. The van der Waals surface area contributed by atoms with Gasteiger partial charge in [0.05, 0.1) is 0 Å². The number of hydrogen-bond donors (Lipinski definition) is 2. The van der Waals surface area contributed by atoms with Crippen LogP contribution in [0.25, 0.3) is 0 Å². The van der Waals surface area contributed by atoms with Gasteiger partial charge in [-0.2, -0.15) is 4.98 Å². The highest BCUT2D eigenvalue weighted by atomic mass is 32.2. The number of sulfonamides is 1. The van der Waals surface area contributed by atoms with Crippen LogP contribution in [0.1, 0.15) is 25.0 Å². The molecule has 0 spiro atoms. The standard InChI is InChI=1S/C18H23F2N5O2S/c1-13-11-17(25-9-3-2-4-10-25)24-18(23-13)21-7-8-22-28(26,27)16-12-14(19)5-6-15(16)20/h5-6,11-12,22H,2-4,7-10H2,1H3,(H,21,23,24). The smallest absolute Gasteiger partial charge is 0.243 e. The molecule has 1 fully saturated rings. The van der Waals surface area contributed by atoms with E-state index in [1.54, 1.807) is 0 Å². The van der Waals surface area contributed by atoms with E-state index in [9.17, 15) is 17.2 Å². The molecule has 1 aliphatic rings. The third-order valence-electron chi connectivity index (χ3n) is 4.40. The maximum Gasteiger partial charge on any atom is 0.243 e. The lowest BCUT2D eigenvalue weighted by molar-refractivity contribution is 0.546. The minimum atomic E-state index is -4.16. The van der Waals surface area contributed by atoms with E-state index >= 15 is 0 Å². The minimum absolute atomic E-state index is 0.0331. The first-order chi connectivity index (χ1) is 13.3. The van der Waals surface area contributed by atoms with Crippen LogP contribution in [-0.2, 0) is 10.0 Å². The number of nitrogens with zero attached hydrogens (tertiary/aromatic N) is 3. The molecule has 2 N–H and O–H groups in total. The summed E-state index contributed by atoms with van der Waals surface area (Å²) in [4.78, 5) is 10.3. The molecule has 0 bridgehead atoms. The lowest BCUT2D eigenvalue weighted by Crippen LogP contribution is -2.31. The summed E-state index contributed by atoms with van der Waals surface area (Å²) in [6.07, 6.45) is 3.48. The summed E-state index contributed by atoms with van der Waals surface area (Å²) < 4.78 is 53.4.